The van der Waals surface area contributed by atoms with Crippen LogP contribution in [0.15, 0.2) is 11.1 Å². The van der Waals surface area contributed by atoms with Crippen LogP contribution in [-0.2, 0) is 9.53 Å². The van der Waals surface area contributed by atoms with Gasteiger partial charge < -0.3 is 10.5 Å². The van der Waals surface area contributed by atoms with E-state index in [1.807, 2.05) is 0 Å². The fourth-order valence-corrected chi connectivity index (χ4v) is 1.67. The minimum absolute atomic E-state index is 0.0878. The highest BCUT2D eigenvalue weighted by Crippen LogP contribution is 2.19. The molecule has 7 heteroatoms. The van der Waals surface area contributed by atoms with Gasteiger partial charge in [-0.2, -0.15) is 0 Å². The molecule has 0 saturated heterocycles. The van der Waals surface area contributed by atoms with Crippen molar-refractivity contribution in [3.63, 3.8) is 0 Å². The third-order valence-electron chi connectivity index (χ3n) is 1.25. The molecule has 5 nitrogen and oxygen atoms in total. The molecule has 0 aliphatic heterocycles. The lowest BCUT2D eigenvalue weighted by Gasteiger charge is -2.00. The average molecular weight is 234 g/mol. The maximum atomic E-state index is 10.8. The van der Waals surface area contributed by atoms with E-state index in [1.54, 1.807) is 0 Å². The van der Waals surface area contributed by atoms with Crippen LogP contribution in [-0.4, -0.2) is 28.8 Å². The molecular weight excluding hydrogens is 226 g/mol. The number of thioether (sulfide) groups is 1. The zero-order valence-electron chi connectivity index (χ0n) is 7.36. The predicted molar refractivity (Wildman–Crippen MR) is 54.2 cm³/mol. The van der Waals surface area contributed by atoms with E-state index in [-0.39, 0.29) is 22.8 Å². The number of ether oxygens (including phenoxy) is 1. The zero-order chi connectivity index (χ0) is 10.6. The Labute approximate surface area is 90.0 Å². The number of aromatic nitrogens is 2. The molecule has 76 valence electrons. The standard InChI is InChI=1S/C7H8ClN3O2S/c1-13-6(12)3-14-5-2-4(8)10-7(9)11-5/h2H,3H2,1H3,(H2,9,10,11). The van der Waals surface area contributed by atoms with E-state index in [2.05, 4.69) is 14.7 Å². The van der Waals surface area contributed by atoms with Crippen molar-refractivity contribution in [2.45, 2.75) is 5.03 Å². The summed E-state index contributed by atoms with van der Waals surface area (Å²) in [6, 6.07) is 1.53. The van der Waals surface area contributed by atoms with E-state index in [4.69, 9.17) is 17.3 Å². The Hall–Kier alpha value is -1.01. The number of rotatable bonds is 3. The molecule has 14 heavy (non-hydrogen) atoms. The van der Waals surface area contributed by atoms with Gasteiger partial charge in [0.15, 0.2) is 0 Å². The largest absolute Gasteiger partial charge is 0.468 e. The second-order valence-electron chi connectivity index (χ2n) is 2.25. The van der Waals surface area contributed by atoms with Crippen LogP contribution in [0.1, 0.15) is 0 Å². The van der Waals surface area contributed by atoms with Gasteiger partial charge in [-0.05, 0) is 0 Å². The molecule has 0 aliphatic carbocycles. The van der Waals surface area contributed by atoms with Crippen molar-refractivity contribution in [1.29, 1.82) is 0 Å². The maximum absolute atomic E-state index is 10.8. The normalized spacial score (nSPS) is 9.86. The predicted octanol–water partition coefficient (Wildman–Crippen LogP) is 0.977. The molecule has 1 aromatic rings. The zero-order valence-corrected chi connectivity index (χ0v) is 8.93. The number of carbonyl (C=O) groups excluding carboxylic acids is 1. The Bertz CT molecular complexity index is 327. The number of hydrogen-bond donors (Lipinski definition) is 1. The van der Waals surface area contributed by atoms with Crippen molar-refractivity contribution in [2.24, 2.45) is 0 Å². The molecule has 2 N–H and O–H groups in total. The molecule has 0 spiro atoms. The van der Waals surface area contributed by atoms with Crippen molar-refractivity contribution in [3.8, 4) is 0 Å². The van der Waals surface area contributed by atoms with E-state index in [0.717, 1.165) is 0 Å². The number of anilines is 1. The van der Waals surface area contributed by atoms with E-state index < -0.39 is 0 Å². The minimum Gasteiger partial charge on any atom is -0.468 e. The van der Waals surface area contributed by atoms with E-state index in [1.165, 1.54) is 24.9 Å². The molecule has 0 radical (unpaired) electrons. The lowest BCUT2D eigenvalue weighted by molar-refractivity contribution is -0.137. The van der Waals surface area contributed by atoms with E-state index in [9.17, 15) is 4.79 Å². The first-order valence-corrected chi connectivity index (χ1v) is 4.98. The molecule has 1 heterocycles. The summed E-state index contributed by atoms with van der Waals surface area (Å²) >= 11 is 6.83. The maximum Gasteiger partial charge on any atom is 0.316 e. The number of nitrogens with two attached hydrogens (primary N) is 1. The van der Waals surface area contributed by atoms with Gasteiger partial charge >= 0.3 is 5.97 Å². The van der Waals surface area contributed by atoms with Gasteiger partial charge in [-0.25, -0.2) is 9.97 Å². The molecule has 0 fully saturated rings. The summed E-state index contributed by atoms with van der Waals surface area (Å²) in [5.41, 5.74) is 5.36. The monoisotopic (exact) mass is 233 g/mol. The molecule has 0 saturated carbocycles. The lowest BCUT2D eigenvalue weighted by atomic mass is 10.7. The van der Waals surface area contributed by atoms with Crippen molar-refractivity contribution in [3.05, 3.63) is 11.2 Å². The van der Waals surface area contributed by atoms with Gasteiger partial charge in [0.1, 0.15) is 10.2 Å². The van der Waals surface area contributed by atoms with Crippen LogP contribution in [0.5, 0.6) is 0 Å². The highest BCUT2D eigenvalue weighted by atomic mass is 35.5. The second kappa shape index (κ2) is 5.02. The number of carbonyl (C=O) groups is 1. The Morgan fingerprint density at radius 1 is 1.71 bits per heavy atom. The number of halogens is 1. The minimum atomic E-state index is -0.330. The van der Waals surface area contributed by atoms with Gasteiger partial charge in [0, 0.05) is 6.07 Å². The summed E-state index contributed by atoms with van der Waals surface area (Å²) in [7, 11) is 1.32. The first-order valence-electron chi connectivity index (χ1n) is 3.61. The summed E-state index contributed by atoms with van der Waals surface area (Å²) in [5, 5.41) is 0.803. The van der Waals surface area contributed by atoms with Crippen molar-refractivity contribution < 1.29 is 9.53 Å². The average Bonchev–Trinajstić information content (AvgIpc) is 2.12. The van der Waals surface area contributed by atoms with Crippen molar-refractivity contribution >= 4 is 35.3 Å². The lowest BCUT2D eigenvalue weighted by Crippen LogP contribution is -2.04. The highest BCUT2D eigenvalue weighted by molar-refractivity contribution is 7.99. The second-order valence-corrected chi connectivity index (χ2v) is 3.63. The van der Waals surface area contributed by atoms with Crippen LogP contribution in [0.3, 0.4) is 0 Å². The quantitative estimate of drug-likeness (QED) is 0.476. The summed E-state index contributed by atoms with van der Waals surface area (Å²) in [6.07, 6.45) is 0. The Balaban J connectivity index is 2.63. The van der Waals surface area contributed by atoms with Gasteiger partial charge in [0.25, 0.3) is 0 Å². The smallest absolute Gasteiger partial charge is 0.316 e. The van der Waals surface area contributed by atoms with Crippen LogP contribution in [0.2, 0.25) is 5.15 Å². The first-order chi connectivity index (χ1) is 6.61. The summed E-state index contributed by atoms with van der Waals surface area (Å²) in [4.78, 5) is 18.4. The van der Waals surface area contributed by atoms with E-state index in [0.29, 0.717) is 5.03 Å². The molecular formula is C7H8ClN3O2S. The topological polar surface area (TPSA) is 78.1 Å². The van der Waals surface area contributed by atoms with Gasteiger partial charge in [-0.15, -0.1) is 0 Å². The van der Waals surface area contributed by atoms with Crippen molar-refractivity contribution in [1.82, 2.24) is 9.97 Å². The van der Waals surface area contributed by atoms with Gasteiger partial charge in [0.2, 0.25) is 5.95 Å². The molecule has 1 rings (SSSR count). The van der Waals surface area contributed by atoms with Gasteiger partial charge in [0.05, 0.1) is 12.9 Å². The molecule has 0 atom stereocenters. The molecule has 0 amide bonds. The number of methoxy groups -OCH3 is 1. The first kappa shape index (κ1) is 11.1. The Kier molecular flexibility index (Phi) is 3.97. The van der Waals surface area contributed by atoms with Crippen LogP contribution in [0.25, 0.3) is 0 Å². The van der Waals surface area contributed by atoms with Crippen LogP contribution in [0, 0.1) is 0 Å². The molecule has 0 aliphatic rings. The van der Waals surface area contributed by atoms with Gasteiger partial charge in [-0.3, -0.25) is 4.79 Å². The summed E-state index contributed by atoms with van der Waals surface area (Å²) < 4.78 is 4.47. The summed E-state index contributed by atoms with van der Waals surface area (Å²) in [6.45, 7) is 0. The Morgan fingerprint density at radius 2 is 2.43 bits per heavy atom. The van der Waals surface area contributed by atoms with Crippen LogP contribution in [0.4, 0.5) is 5.95 Å². The number of nitrogens with zero attached hydrogens (tertiary/aromatic N) is 2. The SMILES string of the molecule is COC(=O)CSc1cc(Cl)nc(N)n1. The number of esters is 1. The third-order valence-corrected chi connectivity index (χ3v) is 2.33. The molecule has 1 aromatic heterocycles. The van der Waals surface area contributed by atoms with Gasteiger partial charge in [-0.1, -0.05) is 23.4 Å². The molecule has 0 aromatic carbocycles. The van der Waals surface area contributed by atoms with Crippen molar-refractivity contribution in [2.75, 3.05) is 18.6 Å². The fraction of sp³-hybridized carbons (Fsp3) is 0.286. The highest BCUT2D eigenvalue weighted by Gasteiger charge is 2.05. The number of nitrogen functional groups attached to an aromatic ring is 1. The van der Waals surface area contributed by atoms with Crippen LogP contribution < -0.4 is 5.73 Å². The third kappa shape index (κ3) is 3.39. The summed E-state index contributed by atoms with van der Waals surface area (Å²) in [5.74, 6) is -0.0725. The number of hydrogen-bond acceptors (Lipinski definition) is 6. The molecule has 0 unspecified atom stereocenters. The van der Waals surface area contributed by atoms with Crippen LogP contribution >= 0.6 is 23.4 Å². The Morgan fingerprint density at radius 3 is 3.00 bits per heavy atom. The van der Waals surface area contributed by atoms with E-state index >= 15 is 0 Å². The molecule has 0 bridgehead atoms. The fourth-order valence-electron chi connectivity index (χ4n) is 0.680.